The molecule has 0 fully saturated rings. The largest absolute Gasteiger partial charge is 0.480 e. The van der Waals surface area contributed by atoms with Crippen molar-refractivity contribution in [2.75, 3.05) is 0 Å². The van der Waals surface area contributed by atoms with Crippen LogP contribution in [0.3, 0.4) is 0 Å². The predicted molar refractivity (Wildman–Crippen MR) is 72.4 cm³/mol. The molecule has 1 heterocycles. The number of carbonyl (C=O) groups is 1. The highest BCUT2D eigenvalue weighted by molar-refractivity contribution is 5.73. The van der Waals surface area contributed by atoms with Crippen molar-refractivity contribution in [2.24, 2.45) is 5.73 Å². The smallest absolute Gasteiger partial charge is 0.320 e. The van der Waals surface area contributed by atoms with Crippen molar-refractivity contribution in [1.82, 2.24) is 9.78 Å². The first kappa shape index (κ1) is 13.3. The van der Waals surface area contributed by atoms with E-state index in [1.807, 2.05) is 48.9 Å². The Bertz CT molecular complexity index is 604. The molecule has 1 atom stereocenters. The van der Waals surface area contributed by atoms with E-state index >= 15 is 0 Å². The number of aliphatic carboxylic acids is 1. The van der Waals surface area contributed by atoms with Gasteiger partial charge in [0.2, 0.25) is 0 Å². The van der Waals surface area contributed by atoms with E-state index in [-0.39, 0.29) is 0 Å². The van der Waals surface area contributed by atoms with E-state index in [1.54, 1.807) is 0 Å². The molecule has 5 heteroatoms. The summed E-state index contributed by atoms with van der Waals surface area (Å²) in [6.45, 7) is 3.92. The summed E-state index contributed by atoms with van der Waals surface area (Å²) < 4.78 is 1.84. The van der Waals surface area contributed by atoms with Crippen LogP contribution < -0.4 is 5.73 Å². The maximum atomic E-state index is 10.8. The molecule has 100 valence electrons. The van der Waals surface area contributed by atoms with Crippen molar-refractivity contribution in [1.29, 1.82) is 0 Å². The Hall–Kier alpha value is -2.14. The Morgan fingerprint density at radius 3 is 2.74 bits per heavy atom. The van der Waals surface area contributed by atoms with Crippen LogP contribution in [0.25, 0.3) is 5.69 Å². The third kappa shape index (κ3) is 3.00. The van der Waals surface area contributed by atoms with Crippen LogP contribution in [-0.2, 0) is 11.2 Å². The van der Waals surface area contributed by atoms with Gasteiger partial charge in [0.05, 0.1) is 11.4 Å². The second kappa shape index (κ2) is 5.24. The number of aromatic nitrogens is 2. The predicted octanol–water partition coefficient (Wildman–Crippen LogP) is 1.44. The lowest BCUT2D eigenvalue weighted by Crippen LogP contribution is -2.32. The van der Waals surface area contributed by atoms with Crippen LogP contribution in [0.4, 0.5) is 0 Å². The quantitative estimate of drug-likeness (QED) is 0.870. The van der Waals surface area contributed by atoms with Gasteiger partial charge in [0.1, 0.15) is 6.04 Å². The molecule has 0 aliphatic rings. The molecule has 0 amide bonds. The molecule has 0 saturated heterocycles. The zero-order valence-electron chi connectivity index (χ0n) is 11.0. The van der Waals surface area contributed by atoms with Crippen LogP contribution in [0.5, 0.6) is 0 Å². The Morgan fingerprint density at radius 2 is 2.16 bits per heavy atom. The monoisotopic (exact) mass is 259 g/mol. The van der Waals surface area contributed by atoms with Crippen LogP contribution in [-0.4, -0.2) is 26.9 Å². The number of carboxylic acid groups (broad SMARTS) is 1. The molecule has 19 heavy (non-hydrogen) atoms. The lowest BCUT2D eigenvalue weighted by atomic mass is 10.1. The second-order valence-corrected chi connectivity index (χ2v) is 4.66. The summed E-state index contributed by atoms with van der Waals surface area (Å²) in [5.74, 6) is -0.989. The number of carboxylic acids is 1. The van der Waals surface area contributed by atoms with E-state index < -0.39 is 12.0 Å². The van der Waals surface area contributed by atoms with Crippen LogP contribution in [0.15, 0.2) is 30.3 Å². The fourth-order valence-electron chi connectivity index (χ4n) is 2.05. The summed E-state index contributed by atoms with van der Waals surface area (Å²) in [5, 5.41) is 13.2. The molecule has 5 nitrogen and oxygen atoms in total. The molecular weight excluding hydrogens is 242 g/mol. The lowest BCUT2D eigenvalue weighted by molar-refractivity contribution is -0.138. The Kier molecular flexibility index (Phi) is 3.66. The van der Waals surface area contributed by atoms with Gasteiger partial charge in [0.25, 0.3) is 0 Å². The molecule has 0 radical (unpaired) electrons. The minimum Gasteiger partial charge on any atom is -0.480 e. The zero-order chi connectivity index (χ0) is 14.0. The van der Waals surface area contributed by atoms with E-state index in [9.17, 15) is 4.79 Å². The van der Waals surface area contributed by atoms with Crippen LogP contribution in [0, 0.1) is 13.8 Å². The molecule has 1 aromatic carbocycles. The number of aryl methyl sites for hydroxylation is 2. The normalized spacial score (nSPS) is 12.4. The first-order valence-electron chi connectivity index (χ1n) is 6.08. The molecule has 0 aliphatic heterocycles. The number of nitrogens with zero attached hydrogens (tertiary/aromatic N) is 2. The highest BCUT2D eigenvalue weighted by Crippen LogP contribution is 2.14. The Morgan fingerprint density at radius 1 is 1.42 bits per heavy atom. The van der Waals surface area contributed by atoms with Crippen molar-refractivity contribution >= 4 is 5.97 Å². The average Bonchev–Trinajstić information content (AvgIpc) is 2.68. The van der Waals surface area contributed by atoms with Gasteiger partial charge in [-0.15, -0.1) is 0 Å². The Balaban J connectivity index is 2.29. The van der Waals surface area contributed by atoms with Crippen molar-refractivity contribution in [2.45, 2.75) is 26.3 Å². The number of benzene rings is 1. The average molecular weight is 259 g/mol. The first-order valence-corrected chi connectivity index (χ1v) is 6.08. The van der Waals surface area contributed by atoms with Gasteiger partial charge in [-0.2, -0.15) is 5.10 Å². The van der Waals surface area contributed by atoms with Crippen LogP contribution in [0.2, 0.25) is 0 Å². The lowest BCUT2D eigenvalue weighted by Gasteiger charge is -2.09. The number of hydrogen-bond donors (Lipinski definition) is 2. The molecule has 2 aromatic rings. The topological polar surface area (TPSA) is 81.1 Å². The summed E-state index contributed by atoms with van der Waals surface area (Å²) in [6, 6.07) is 8.73. The molecule has 1 aromatic heterocycles. The van der Waals surface area contributed by atoms with Gasteiger partial charge in [0.15, 0.2) is 0 Å². The van der Waals surface area contributed by atoms with Gasteiger partial charge in [-0.3, -0.25) is 4.79 Å². The van der Waals surface area contributed by atoms with Crippen molar-refractivity contribution in [3.8, 4) is 5.69 Å². The molecule has 3 N–H and O–H groups in total. The SMILES string of the molecule is Cc1cc(C)n(-c2cccc(CC(N)C(=O)O)c2)n1. The van der Waals surface area contributed by atoms with E-state index in [0.29, 0.717) is 6.42 Å². The molecule has 0 spiro atoms. The van der Waals surface area contributed by atoms with Gasteiger partial charge in [-0.25, -0.2) is 4.68 Å². The van der Waals surface area contributed by atoms with Gasteiger partial charge in [0, 0.05) is 5.69 Å². The van der Waals surface area contributed by atoms with Gasteiger partial charge >= 0.3 is 5.97 Å². The van der Waals surface area contributed by atoms with Gasteiger partial charge in [-0.1, -0.05) is 12.1 Å². The fraction of sp³-hybridized carbons (Fsp3) is 0.286. The van der Waals surface area contributed by atoms with E-state index in [4.69, 9.17) is 10.8 Å². The summed E-state index contributed by atoms with van der Waals surface area (Å²) >= 11 is 0. The van der Waals surface area contributed by atoms with Gasteiger partial charge in [-0.05, 0) is 44.0 Å². The Labute approximate surface area is 111 Å². The molecule has 1 unspecified atom stereocenters. The molecule has 2 rings (SSSR count). The summed E-state index contributed by atoms with van der Waals surface area (Å²) in [6.07, 6.45) is 0.308. The maximum Gasteiger partial charge on any atom is 0.320 e. The standard InChI is InChI=1S/C14H17N3O2/c1-9-6-10(2)17(16-9)12-5-3-4-11(7-12)8-13(15)14(18)19/h3-7,13H,8,15H2,1-2H3,(H,18,19). The number of hydrogen-bond acceptors (Lipinski definition) is 3. The number of rotatable bonds is 4. The molecular formula is C14H17N3O2. The third-order valence-corrected chi connectivity index (χ3v) is 2.94. The van der Waals surface area contributed by atoms with Crippen molar-refractivity contribution < 1.29 is 9.90 Å². The fourth-order valence-corrected chi connectivity index (χ4v) is 2.05. The zero-order valence-corrected chi connectivity index (χ0v) is 11.0. The highest BCUT2D eigenvalue weighted by Gasteiger charge is 2.12. The molecule has 0 saturated carbocycles. The molecule has 0 bridgehead atoms. The second-order valence-electron chi connectivity index (χ2n) is 4.66. The summed E-state index contributed by atoms with van der Waals surface area (Å²) in [5.41, 5.74) is 9.34. The van der Waals surface area contributed by atoms with Crippen LogP contribution >= 0.6 is 0 Å². The third-order valence-electron chi connectivity index (χ3n) is 2.94. The maximum absolute atomic E-state index is 10.8. The minimum atomic E-state index is -0.989. The van der Waals surface area contributed by atoms with Crippen molar-refractivity contribution in [3.63, 3.8) is 0 Å². The highest BCUT2D eigenvalue weighted by atomic mass is 16.4. The van der Waals surface area contributed by atoms with E-state index in [2.05, 4.69) is 5.10 Å². The van der Waals surface area contributed by atoms with Gasteiger partial charge < -0.3 is 10.8 Å². The minimum absolute atomic E-state index is 0.308. The first-order chi connectivity index (χ1) is 8.97. The summed E-state index contributed by atoms with van der Waals surface area (Å²) in [4.78, 5) is 10.8. The van der Waals surface area contributed by atoms with E-state index in [1.165, 1.54) is 0 Å². The van der Waals surface area contributed by atoms with Crippen molar-refractivity contribution in [3.05, 3.63) is 47.3 Å². The number of nitrogens with two attached hydrogens (primary N) is 1. The summed E-state index contributed by atoms with van der Waals surface area (Å²) in [7, 11) is 0. The van der Waals surface area contributed by atoms with E-state index in [0.717, 1.165) is 22.6 Å². The molecule has 0 aliphatic carbocycles. The van der Waals surface area contributed by atoms with Crippen LogP contribution in [0.1, 0.15) is 17.0 Å².